The zero-order valence-electron chi connectivity index (χ0n) is 13.5. The molecule has 3 rings (SSSR count). The first-order valence-corrected chi connectivity index (χ1v) is 7.61. The maximum absolute atomic E-state index is 11.3. The summed E-state index contributed by atoms with van der Waals surface area (Å²) >= 11 is 0. The second-order valence-electron chi connectivity index (χ2n) is 5.46. The second kappa shape index (κ2) is 7.00. The minimum atomic E-state index is -0.427. The number of nitro benzene ring substituents is 1. The van der Waals surface area contributed by atoms with Crippen LogP contribution in [0.3, 0.4) is 0 Å². The normalized spacial score (nSPS) is 11.5. The van der Waals surface area contributed by atoms with E-state index in [2.05, 4.69) is 0 Å². The molecule has 0 spiro atoms. The van der Waals surface area contributed by atoms with Gasteiger partial charge in [-0.25, -0.2) is 4.79 Å². The molecule has 0 saturated heterocycles. The number of nitro groups is 1. The summed E-state index contributed by atoms with van der Waals surface area (Å²) in [5.74, 6) is 0.592. The summed E-state index contributed by atoms with van der Waals surface area (Å²) in [4.78, 5) is 21.5. The molecule has 0 amide bonds. The fourth-order valence-corrected chi connectivity index (χ4v) is 2.36. The van der Waals surface area contributed by atoms with E-state index in [1.54, 1.807) is 30.3 Å². The molecule has 0 unspecified atom stereocenters. The van der Waals surface area contributed by atoms with Crippen LogP contribution in [-0.4, -0.2) is 11.5 Å². The fraction of sp³-hybridized carbons (Fsp3) is 0.105. The van der Waals surface area contributed by atoms with Gasteiger partial charge in [-0.15, -0.1) is 0 Å². The molecule has 0 bridgehead atoms. The van der Waals surface area contributed by atoms with Gasteiger partial charge in [0.2, 0.25) is 0 Å². The van der Waals surface area contributed by atoms with Crippen LogP contribution in [0, 0.1) is 10.1 Å². The van der Waals surface area contributed by atoms with Crippen molar-refractivity contribution in [2.75, 3.05) is 6.61 Å². The minimum Gasteiger partial charge on any atom is -0.489 e. The van der Waals surface area contributed by atoms with E-state index in [0.717, 1.165) is 16.5 Å². The number of rotatable bonds is 5. The summed E-state index contributed by atoms with van der Waals surface area (Å²) in [5.41, 5.74) is 1.96. The van der Waals surface area contributed by atoms with Gasteiger partial charge in [-0.05, 0) is 54.5 Å². The van der Waals surface area contributed by atoms with Crippen molar-refractivity contribution >= 4 is 22.2 Å². The first kappa shape index (κ1) is 16.4. The molecule has 6 heteroatoms. The highest BCUT2D eigenvalue weighted by atomic mass is 16.6. The summed E-state index contributed by atoms with van der Waals surface area (Å²) < 4.78 is 10.8. The van der Waals surface area contributed by atoms with Crippen molar-refractivity contribution in [2.45, 2.75) is 6.92 Å². The molecule has 0 aliphatic carbocycles. The van der Waals surface area contributed by atoms with Gasteiger partial charge < -0.3 is 9.15 Å². The lowest BCUT2D eigenvalue weighted by atomic mass is 10.1. The molecule has 25 heavy (non-hydrogen) atoms. The zero-order valence-corrected chi connectivity index (χ0v) is 13.5. The first-order chi connectivity index (χ1) is 12.0. The third-order valence-electron chi connectivity index (χ3n) is 3.77. The molecule has 6 nitrogen and oxygen atoms in total. The lowest BCUT2D eigenvalue weighted by Crippen LogP contribution is -1.97. The number of hydrogen-bond acceptors (Lipinski definition) is 5. The molecule has 0 aliphatic rings. The van der Waals surface area contributed by atoms with E-state index in [0.29, 0.717) is 17.9 Å². The molecule has 0 atom stereocenters. The van der Waals surface area contributed by atoms with Crippen molar-refractivity contribution in [2.24, 2.45) is 0 Å². The number of nitrogens with zero attached hydrogens (tertiary/aromatic N) is 1. The maximum atomic E-state index is 11.3. The second-order valence-corrected chi connectivity index (χ2v) is 5.46. The standard InChI is InChI=1S/C19H15NO5/c1-13(14-2-6-16(7-3-14)20(22)23)10-11-24-17-8-4-15-5-9-19(21)25-18(15)12-17/h2-10,12H,11H2,1H3/b13-10+. The molecule has 0 N–H and O–H groups in total. The average Bonchev–Trinajstić information content (AvgIpc) is 2.61. The Morgan fingerprint density at radius 2 is 1.88 bits per heavy atom. The monoisotopic (exact) mass is 337 g/mol. The van der Waals surface area contributed by atoms with Crippen LogP contribution in [0.15, 0.2) is 69.9 Å². The van der Waals surface area contributed by atoms with Crippen LogP contribution in [0.25, 0.3) is 16.5 Å². The van der Waals surface area contributed by atoms with E-state index >= 15 is 0 Å². The van der Waals surface area contributed by atoms with Gasteiger partial charge in [0.05, 0.1) is 4.92 Å². The van der Waals surface area contributed by atoms with E-state index in [1.165, 1.54) is 18.2 Å². The Morgan fingerprint density at radius 1 is 1.16 bits per heavy atom. The molecule has 1 heterocycles. The number of hydrogen-bond donors (Lipinski definition) is 0. The van der Waals surface area contributed by atoms with Gasteiger partial charge >= 0.3 is 5.63 Å². The summed E-state index contributed by atoms with van der Waals surface area (Å²) in [7, 11) is 0. The molecule has 0 saturated carbocycles. The molecule has 3 aromatic rings. The largest absolute Gasteiger partial charge is 0.489 e. The van der Waals surface area contributed by atoms with Gasteiger partial charge in [-0.2, -0.15) is 0 Å². The van der Waals surface area contributed by atoms with Crippen LogP contribution in [0.5, 0.6) is 5.75 Å². The highest BCUT2D eigenvalue weighted by Gasteiger charge is 2.05. The van der Waals surface area contributed by atoms with E-state index in [-0.39, 0.29) is 5.69 Å². The number of fused-ring (bicyclic) bond motifs is 1. The average molecular weight is 337 g/mol. The van der Waals surface area contributed by atoms with Crippen LogP contribution in [0.1, 0.15) is 12.5 Å². The van der Waals surface area contributed by atoms with Crippen LogP contribution >= 0.6 is 0 Å². The van der Waals surface area contributed by atoms with Gasteiger partial charge in [-0.1, -0.05) is 0 Å². The van der Waals surface area contributed by atoms with Gasteiger partial charge in [-0.3, -0.25) is 10.1 Å². The molecule has 1 aromatic heterocycles. The van der Waals surface area contributed by atoms with E-state index in [9.17, 15) is 14.9 Å². The Hall–Kier alpha value is -3.41. The zero-order chi connectivity index (χ0) is 17.8. The Labute approximate surface area is 143 Å². The van der Waals surface area contributed by atoms with Crippen molar-refractivity contribution in [3.8, 4) is 5.75 Å². The molecule has 0 fully saturated rings. The predicted molar refractivity (Wildman–Crippen MR) is 94.7 cm³/mol. The number of benzene rings is 2. The van der Waals surface area contributed by atoms with Gasteiger partial charge in [0.1, 0.15) is 17.9 Å². The van der Waals surface area contributed by atoms with Crippen LogP contribution in [0.4, 0.5) is 5.69 Å². The van der Waals surface area contributed by atoms with E-state index in [4.69, 9.17) is 9.15 Å². The third-order valence-corrected chi connectivity index (χ3v) is 3.77. The number of allylic oxidation sites excluding steroid dienone is 1. The molecule has 126 valence electrons. The van der Waals surface area contributed by atoms with Crippen LogP contribution in [-0.2, 0) is 0 Å². The van der Waals surface area contributed by atoms with Gasteiger partial charge in [0, 0.05) is 29.7 Å². The van der Waals surface area contributed by atoms with Crippen molar-refractivity contribution < 1.29 is 14.1 Å². The molecule has 2 aromatic carbocycles. The lowest BCUT2D eigenvalue weighted by Gasteiger charge is -2.06. The Bertz CT molecular complexity index is 1000. The fourth-order valence-electron chi connectivity index (χ4n) is 2.36. The smallest absolute Gasteiger partial charge is 0.336 e. The van der Waals surface area contributed by atoms with Crippen LogP contribution < -0.4 is 10.4 Å². The number of non-ortho nitro benzene ring substituents is 1. The topological polar surface area (TPSA) is 82.6 Å². The quantitative estimate of drug-likeness (QED) is 0.396. The van der Waals surface area contributed by atoms with Crippen molar-refractivity contribution in [3.63, 3.8) is 0 Å². The first-order valence-electron chi connectivity index (χ1n) is 7.61. The highest BCUT2D eigenvalue weighted by Crippen LogP contribution is 2.21. The summed E-state index contributed by atoms with van der Waals surface area (Å²) in [6.45, 7) is 2.23. The third kappa shape index (κ3) is 3.92. The minimum absolute atomic E-state index is 0.0606. The Kier molecular flexibility index (Phi) is 4.61. The number of ether oxygens (including phenoxy) is 1. The van der Waals surface area contributed by atoms with Gasteiger partial charge in [0.25, 0.3) is 5.69 Å². The Morgan fingerprint density at radius 3 is 2.60 bits per heavy atom. The van der Waals surface area contributed by atoms with Crippen LogP contribution in [0.2, 0.25) is 0 Å². The maximum Gasteiger partial charge on any atom is 0.336 e. The van der Waals surface area contributed by atoms with Crippen molar-refractivity contribution in [1.82, 2.24) is 0 Å². The SMILES string of the molecule is C/C(=C\COc1ccc2ccc(=O)oc2c1)c1ccc([N+](=O)[O-])cc1. The molecular formula is C19H15NO5. The summed E-state index contributed by atoms with van der Waals surface area (Å²) in [5, 5.41) is 11.5. The van der Waals surface area contributed by atoms with E-state index < -0.39 is 10.5 Å². The summed E-state index contributed by atoms with van der Waals surface area (Å²) in [6, 6.07) is 14.7. The van der Waals surface area contributed by atoms with Gasteiger partial charge in [0.15, 0.2) is 0 Å². The molecule has 0 aliphatic heterocycles. The van der Waals surface area contributed by atoms with Crippen molar-refractivity contribution in [3.05, 3.63) is 86.8 Å². The predicted octanol–water partition coefficient (Wildman–Crippen LogP) is 4.18. The lowest BCUT2D eigenvalue weighted by molar-refractivity contribution is -0.384. The molecular weight excluding hydrogens is 322 g/mol. The highest BCUT2D eigenvalue weighted by molar-refractivity contribution is 5.77. The summed E-state index contributed by atoms with van der Waals surface area (Å²) in [6.07, 6.45) is 1.88. The van der Waals surface area contributed by atoms with Crippen molar-refractivity contribution in [1.29, 1.82) is 0 Å². The molecule has 0 radical (unpaired) electrons. The Balaban J connectivity index is 1.69. The van der Waals surface area contributed by atoms with E-state index in [1.807, 2.05) is 19.1 Å².